The van der Waals surface area contributed by atoms with Crippen LogP contribution >= 0.6 is 0 Å². The number of nitrogens with zero attached hydrogens (tertiary/aromatic N) is 1. The number of aromatic hydroxyl groups is 1. The van der Waals surface area contributed by atoms with Crippen LogP contribution in [0.3, 0.4) is 0 Å². The van der Waals surface area contributed by atoms with Gasteiger partial charge in [-0.25, -0.2) is 4.21 Å². The fourth-order valence-electron chi connectivity index (χ4n) is 1.99. The molecule has 0 saturated carbocycles. The van der Waals surface area contributed by atoms with Crippen molar-refractivity contribution >= 4 is 22.9 Å². The van der Waals surface area contributed by atoms with E-state index in [1.165, 1.54) is 31.3 Å². The van der Waals surface area contributed by atoms with Gasteiger partial charge in [-0.15, -0.1) is 0 Å². The van der Waals surface area contributed by atoms with E-state index in [0.717, 1.165) is 0 Å². The first kappa shape index (κ1) is 19.4. The summed E-state index contributed by atoms with van der Waals surface area (Å²) in [4.78, 5) is 14.1. The number of amides is 1. The van der Waals surface area contributed by atoms with Crippen LogP contribution in [0.4, 0.5) is 5.69 Å². The number of phenols is 1. The van der Waals surface area contributed by atoms with Crippen molar-refractivity contribution in [3.63, 3.8) is 0 Å². The van der Waals surface area contributed by atoms with Crippen molar-refractivity contribution in [2.75, 3.05) is 45.2 Å². The van der Waals surface area contributed by atoms with Crippen LogP contribution in [0.2, 0.25) is 0 Å². The van der Waals surface area contributed by atoms with Crippen molar-refractivity contribution < 1.29 is 28.1 Å². The lowest BCUT2D eigenvalue weighted by molar-refractivity contribution is 0.0624. The molecule has 0 aliphatic carbocycles. The van der Waals surface area contributed by atoms with E-state index in [2.05, 4.69) is 4.72 Å². The number of anilines is 1. The molecule has 1 atom stereocenters. The molecule has 0 saturated heterocycles. The maximum atomic E-state index is 12.7. The first-order valence-electron chi connectivity index (χ1n) is 6.89. The van der Waals surface area contributed by atoms with Gasteiger partial charge in [0.2, 0.25) is 0 Å². The van der Waals surface area contributed by atoms with Gasteiger partial charge in [0.25, 0.3) is 17.2 Å². The van der Waals surface area contributed by atoms with Crippen LogP contribution < -0.4 is 4.72 Å². The molecule has 23 heavy (non-hydrogen) atoms. The number of rotatable bonds is 9. The Hall–Kier alpha value is -1.68. The van der Waals surface area contributed by atoms with Gasteiger partial charge in [-0.05, 0) is 24.6 Å². The molecule has 1 aromatic rings. The van der Waals surface area contributed by atoms with Crippen molar-refractivity contribution in [3.8, 4) is 5.75 Å². The number of ether oxygens (including phenoxy) is 2. The summed E-state index contributed by atoms with van der Waals surface area (Å²) in [6.07, 6.45) is 0. The summed E-state index contributed by atoms with van der Waals surface area (Å²) < 4.78 is 32.0. The van der Waals surface area contributed by atoms with Gasteiger partial charge in [-0.2, -0.15) is 0 Å². The molecular formula is C14H22N2O6S. The van der Waals surface area contributed by atoms with Gasteiger partial charge in [-0.3, -0.25) is 14.1 Å². The van der Waals surface area contributed by atoms with Gasteiger partial charge in [-0.1, -0.05) is 0 Å². The molecule has 1 rings (SSSR count). The number of aryl methyl sites for hydroxylation is 1. The van der Waals surface area contributed by atoms with E-state index < -0.39 is 17.2 Å². The van der Waals surface area contributed by atoms with Crippen molar-refractivity contribution in [3.05, 3.63) is 23.3 Å². The van der Waals surface area contributed by atoms with Crippen LogP contribution in [0, 0.1) is 6.92 Å². The lowest BCUT2D eigenvalue weighted by Crippen LogP contribution is -2.36. The molecule has 0 heterocycles. The van der Waals surface area contributed by atoms with Crippen molar-refractivity contribution in [1.29, 1.82) is 0 Å². The Balaban J connectivity index is 3.10. The topological polar surface area (TPSA) is 108 Å². The zero-order valence-electron chi connectivity index (χ0n) is 13.4. The Morgan fingerprint density at radius 2 is 1.83 bits per heavy atom. The number of benzene rings is 1. The molecule has 130 valence electrons. The van der Waals surface area contributed by atoms with Gasteiger partial charge < -0.3 is 19.5 Å². The molecule has 0 bridgehead atoms. The Morgan fingerprint density at radius 1 is 1.26 bits per heavy atom. The van der Waals surface area contributed by atoms with Crippen LogP contribution in [-0.2, 0) is 20.7 Å². The molecule has 1 unspecified atom stereocenters. The molecule has 0 radical (unpaired) electrons. The number of hydrogen-bond donors (Lipinski definition) is 3. The summed E-state index contributed by atoms with van der Waals surface area (Å²) in [5.41, 5.74) is 0.732. The molecule has 0 aliphatic heterocycles. The zero-order chi connectivity index (χ0) is 17.4. The SMILES string of the molecule is COCCN(CCOC)C(=O)c1cc(NS(=O)O)cc(C)c1O. The van der Waals surface area contributed by atoms with E-state index in [1.807, 2.05) is 0 Å². The maximum Gasteiger partial charge on any atom is 0.259 e. The molecule has 0 fully saturated rings. The average Bonchev–Trinajstić information content (AvgIpc) is 2.49. The number of hydrogen-bond acceptors (Lipinski definition) is 5. The summed E-state index contributed by atoms with van der Waals surface area (Å²) in [6.45, 7) is 2.95. The van der Waals surface area contributed by atoms with E-state index in [0.29, 0.717) is 31.9 Å². The van der Waals surface area contributed by atoms with Crippen LogP contribution in [0.1, 0.15) is 15.9 Å². The Kier molecular flexibility index (Phi) is 7.96. The highest BCUT2D eigenvalue weighted by atomic mass is 32.2. The second-order valence-electron chi connectivity index (χ2n) is 4.82. The second-order valence-corrected chi connectivity index (χ2v) is 5.52. The third kappa shape index (κ3) is 5.79. The fraction of sp³-hybridized carbons (Fsp3) is 0.500. The Labute approximate surface area is 137 Å². The summed E-state index contributed by atoms with van der Waals surface area (Å²) >= 11 is -2.27. The highest BCUT2D eigenvalue weighted by Crippen LogP contribution is 2.28. The van der Waals surface area contributed by atoms with Crippen LogP contribution in [0.5, 0.6) is 5.75 Å². The molecular weight excluding hydrogens is 324 g/mol. The molecule has 0 aromatic heterocycles. The van der Waals surface area contributed by atoms with Gasteiger partial charge in [0.15, 0.2) is 0 Å². The summed E-state index contributed by atoms with van der Waals surface area (Å²) in [5, 5.41) is 10.2. The number of nitrogens with one attached hydrogen (secondary N) is 1. The first-order valence-corrected chi connectivity index (χ1v) is 7.99. The van der Waals surface area contributed by atoms with Crippen molar-refractivity contribution in [2.45, 2.75) is 6.92 Å². The minimum absolute atomic E-state index is 0.0464. The van der Waals surface area contributed by atoms with Crippen LogP contribution in [0.25, 0.3) is 0 Å². The minimum Gasteiger partial charge on any atom is -0.507 e. The Bertz CT molecular complexity index is 558. The predicted octanol–water partition coefficient (Wildman–Crippen LogP) is 0.984. The summed E-state index contributed by atoms with van der Waals surface area (Å²) in [6, 6.07) is 2.82. The minimum atomic E-state index is -2.27. The van der Waals surface area contributed by atoms with Crippen molar-refractivity contribution in [2.24, 2.45) is 0 Å². The lowest BCUT2D eigenvalue weighted by atomic mass is 10.1. The molecule has 0 aliphatic rings. The standard InChI is InChI=1S/C14H22N2O6S/c1-10-8-11(15-23(19)20)9-12(13(10)17)14(18)16(4-6-21-2)5-7-22-3/h8-9,15,17H,4-7H2,1-3H3,(H,19,20). The number of carbonyl (C=O) groups excluding carboxylic acids is 1. The third-order valence-corrected chi connectivity index (χ3v) is 3.56. The molecule has 1 amide bonds. The predicted molar refractivity (Wildman–Crippen MR) is 86.9 cm³/mol. The molecule has 0 spiro atoms. The van der Waals surface area contributed by atoms with E-state index in [9.17, 15) is 14.1 Å². The van der Waals surface area contributed by atoms with Crippen molar-refractivity contribution in [1.82, 2.24) is 4.90 Å². The monoisotopic (exact) mass is 346 g/mol. The number of phenolic OH excluding ortho intramolecular Hbond substituents is 1. The van der Waals surface area contributed by atoms with Gasteiger partial charge in [0.1, 0.15) is 5.75 Å². The van der Waals surface area contributed by atoms with E-state index >= 15 is 0 Å². The van der Waals surface area contributed by atoms with E-state index in [1.54, 1.807) is 6.92 Å². The largest absolute Gasteiger partial charge is 0.507 e. The second kappa shape index (κ2) is 9.46. The number of methoxy groups -OCH3 is 2. The van der Waals surface area contributed by atoms with Gasteiger partial charge >= 0.3 is 0 Å². The van der Waals surface area contributed by atoms with Gasteiger partial charge in [0.05, 0.1) is 18.8 Å². The number of carbonyl (C=O) groups is 1. The summed E-state index contributed by atoms with van der Waals surface area (Å²) in [5.74, 6) is -0.573. The smallest absolute Gasteiger partial charge is 0.259 e. The zero-order valence-corrected chi connectivity index (χ0v) is 14.2. The fourth-order valence-corrected chi connectivity index (χ4v) is 2.31. The first-order chi connectivity index (χ1) is 10.9. The Morgan fingerprint density at radius 3 is 2.30 bits per heavy atom. The lowest BCUT2D eigenvalue weighted by Gasteiger charge is -2.23. The average molecular weight is 346 g/mol. The highest BCUT2D eigenvalue weighted by Gasteiger charge is 2.21. The summed E-state index contributed by atoms with van der Waals surface area (Å²) in [7, 11) is 3.06. The third-order valence-electron chi connectivity index (χ3n) is 3.15. The van der Waals surface area contributed by atoms with E-state index in [4.69, 9.17) is 14.0 Å². The van der Waals surface area contributed by atoms with E-state index in [-0.39, 0.29) is 17.0 Å². The molecule has 9 heteroatoms. The molecule has 1 aromatic carbocycles. The van der Waals surface area contributed by atoms with Gasteiger partial charge in [0, 0.05) is 33.0 Å². The highest BCUT2D eigenvalue weighted by molar-refractivity contribution is 7.80. The van der Waals surface area contributed by atoms with Crippen LogP contribution in [-0.4, -0.2) is 65.2 Å². The van der Waals surface area contributed by atoms with Crippen LogP contribution in [0.15, 0.2) is 12.1 Å². The normalized spacial score (nSPS) is 12.0. The maximum absolute atomic E-state index is 12.7. The molecule has 8 nitrogen and oxygen atoms in total. The molecule has 3 N–H and O–H groups in total. The quantitative estimate of drug-likeness (QED) is 0.454.